The maximum absolute atomic E-state index is 12.4. The van der Waals surface area contributed by atoms with Gasteiger partial charge >= 0.3 is 12.1 Å². The first-order valence-electron chi connectivity index (χ1n) is 8.90. The molecule has 1 saturated heterocycles. The van der Waals surface area contributed by atoms with E-state index in [1.54, 1.807) is 18.5 Å². The van der Waals surface area contributed by atoms with Gasteiger partial charge in [0, 0.05) is 12.4 Å². The molecule has 1 aliphatic heterocycles. The summed E-state index contributed by atoms with van der Waals surface area (Å²) in [5, 5.41) is 18.4. The maximum atomic E-state index is 12.4. The van der Waals surface area contributed by atoms with Crippen LogP contribution in [0.3, 0.4) is 0 Å². The molecule has 4 rings (SSSR count). The normalized spacial score (nSPS) is 14.8. The lowest BCUT2D eigenvalue weighted by atomic mass is 10.1. The lowest BCUT2D eigenvalue weighted by Gasteiger charge is -2.22. The summed E-state index contributed by atoms with van der Waals surface area (Å²) in [5.74, 6) is -3.02. The van der Waals surface area contributed by atoms with Crippen LogP contribution >= 0.6 is 0 Å². The zero-order chi connectivity index (χ0) is 21.7. The highest BCUT2D eigenvalue weighted by Crippen LogP contribution is 2.20. The van der Waals surface area contributed by atoms with Crippen LogP contribution in [0.2, 0.25) is 0 Å². The molecule has 0 aromatic carbocycles. The van der Waals surface area contributed by atoms with Crippen molar-refractivity contribution in [1.82, 2.24) is 30.0 Å². The molecule has 4 N–H and O–H groups in total. The van der Waals surface area contributed by atoms with Crippen LogP contribution in [0, 0.1) is 0 Å². The number of aromatic amines is 1. The van der Waals surface area contributed by atoms with Crippen LogP contribution in [0.4, 0.5) is 18.9 Å². The van der Waals surface area contributed by atoms with E-state index in [2.05, 4.69) is 30.7 Å². The summed E-state index contributed by atoms with van der Waals surface area (Å²) in [6.07, 6.45) is 3.69. The smallest absolute Gasteiger partial charge is 0.475 e. The number of carbonyl (C=O) groups is 2. The molecular formula is C17H18F3N7O3. The quantitative estimate of drug-likeness (QED) is 0.503. The van der Waals surface area contributed by atoms with E-state index in [1.807, 2.05) is 10.9 Å². The second-order valence-electron chi connectivity index (χ2n) is 6.41. The van der Waals surface area contributed by atoms with Crippen molar-refractivity contribution < 1.29 is 27.9 Å². The topological polar surface area (TPSA) is 138 Å². The molecule has 0 bridgehead atoms. The van der Waals surface area contributed by atoms with Gasteiger partial charge in [0.1, 0.15) is 17.7 Å². The Bertz CT molecular complexity index is 1020. The molecule has 0 atom stereocenters. The van der Waals surface area contributed by atoms with Crippen molar-refractivity contribution in [3.8, 4) is 0 Å². The van der Waals surface area contributed by atoms with Crippen molar-refractivity contribution in [2.24, 2.45) is 0 Å². The zero-order valence-corrected chi connectivity index (χ0v) is 15.5. The molecule has 1 amide bonds. The van der Waals surface area contributed by atoms with Crippen LogP contribution in [-0.4, -0.2) is 61.0 Å². The molecule has 0 radical (unpaired) electrons. The van der Waals surface area contributed by atoms with Gasteiger partial charge in [-0.15, -0.1) is 0 Å². The Hall–Kier alpha value is -3.48. The number of aliphatic carboxylic acids is 1. The second kappa shape index (κ2) is 8.90. The van der Waals surface area contributed by atoms with E-state index in [9.17, 15) is 18.0 Å². The number of anilines is 1. The minimum atomic E-state index is -5.08. The average molecular weight is 425 g/mol. The highest BCUT2D eigenvalue weighted by molar-refractivity contribution is 6.10. The Kier molecular flexibility index (Phi) is 6.30. The highest BCUT2D eigenvalue weighted by Gasteiger charge is 2.38. The van der Waals surface area contributed by atoms with Crippen LogP contribution in [0.5, 0.6) is 0 Å². The number of hydrogen-bond donors (Lipinski definition) is 4. The minimum Gasteiger partial charge on any atom is -0.475 e. The van der Waals surface area contributed by atoms with Crippen molar-refractivity contribution in [1.29, 1.82) is 0 Å². The number of fused-ring (bicyclic) bond motifs is 1. The number of carboxylic acid groups (broad SMARTS) is 1. The van der Waals surface area contributed by atoms with E-state index in [0.717, 1.165) is 25.9 Å². The second-order valence-corrected chi connectivity index (χ2v) is 6.41. The number of H-pyrrole nitrogens is 1. The van der Waals surface area contributed by atoms with Crippen molar-refractivity contribution in [3.05, 3.63) is 36.7 Å². The fraction of sp³-hybridized carbons (Fsp3) is 0.353. The average Bonchev–Trinajstić information content (AvgIpc) is 3.37. The Morgan fingerprint density at radius 3 is 2.60 bits per heavy atom. The summed E-state index contributed by atoms with van der Waals surface area (Å²) in [5.41, 5.74) is 1.68. The van der Waals surface area contributed by atoms with Gasteiger partial charge in [-0.1, -0.05) is 0 Å². The van der Waals surface area contributed by atoms with E-state index < -0.39 is 12.1 Å². The lowest BCUT2D eigenvalue weighted by molar-refractivity contribution is -0.192. The first kappa shape index (κ1) is 21.2. The molecule has 4 heterocycles. The molecule has 3 aromatic rings. The largest absolute Gasteiger partial charge is 0.490 e. The monoisotopic (exact) mass is 425 g/mol. The number of nitrogens with zero attached hydrogens (tertiary/aromatic N) is 4. The van der Waals surface area contributed by atoms with E-state index in [1.165, 1.54) is 6.33 Å². The summed E-state index contributed by atoms with van der Waals surface area (Å²) < 4.78 is 33.7. The first-order chi connectivity index (χ1) is 14.3. The summed E-state index contributed by atoms with van der Waals surface area (Å²) in [6, 6.07) is 2.18. The Balaban J connectivity index is 0.000000318. The fourth-order valence-electron chi connectivity index (χ4n) is 2.92. The number of halogens is 3. The molecule has 160 valence electrons. The molecule has 3 aromatic heterocycles. The molecule has 1 aliphatic rings. The van der Waals surface area contributed by atoms with Gasteiger partial charge < -0.3 is 20.7 Å². The molecule has 0 aliphatic carbocycles. The minimum absolute atomic E-state index is 0.262. The highest BCUT2D eigenvalue weighted by atomic mass is 19.4. The van der Waals surface area contributed by atoms with E-state index in [0.29, 0.717) is 28.5 Å². The van der Waals surface area contributed by atoms with Gasteiger partial charge in [-0.25, -0.2) is 14.8 Å². The number of nitrogens with one attached hydrogen (secondary N) is 3. The molecule has 1 fully saturated rings. The number of amides is 1. The molecular weight excluding hydrogens is 407 g/mol. The van der Waals surface area contributed by atoms with Crippen molar-refractivity contribution in [2.45, 2.75) is 25.1 Å². The maximum Gasteiger partial charge on any atom is 0.490 e. The summed E-state index contributed by atoms with van der Waals surface area (Å²) in [4.78, 5) is 32.5. The third kappa shape index (κ3) is 5.11. The Labute approximate surface area is 167 Å². The van der Waals surface area contributed by atoms with E-state index in [-0.39, 0.29) is 5.91 Å². The number of alkyl halides is 3. The first-order valence-corrected chi connectivity index (χ1v) is 8.90. The summed E-state index contributed by atoms with van der Waals surface area (Å²) >= 11 is 0. The number of rotatable bonds is 3. The van der Waals surface area contributed by atoms with Crippen LogP contribution in [0.15, 0.2) is 31.0 Å². The molecule has 0 saturated carbocycles. The van der Waals surface area contributed by atoms with Crippen molar-refractivity contribution >= 4 is 28.6 Å². The predicted octanol–water partition coefficient (Wildman–Crippen LogP) is 1.96. The number of hydrogen-bond acceptors (Lipinski definition) is 6. The zero-order valence-electron chi connectivity index (χ0n) is 15.5. The number of carboxylic acids is 1. The molecule has 0 spiro atoms. The van der Waals surface area contributed by atoms with Gasteiger partial charge in [0.15, 0.2) is 0 Å². The Morgan fingerprint density at radius 2 is 1.93 bits per heavy atom. The third-order valence-corrected chi connectivity index (χ3v) is 4.35. The summed E-state index contributed by atoms with van der Waals surface area (Å²) in [6.45, 7) is 2.00. The number of piperidine rings is 1. The van der Waals surface area contributed by atoms with Gasteiger partial charge in [0.05, 0.1) is 23.3 Å². The van der Waals surface area contributed by atoms with Crippen LogP contribution in [0.25, 0.3) is 11.0 Å². The lowest BCUT2D eigenvalue weighted by Crippen LogP contribution is -2.29. The SMILES string of the molecule is O=C(Nc1cnn(C2CCNCC2)c1)c1ncnc2[nH]ccc12.O=C(O)C(F)(F)F. The number of aromatic nitrogens is 5. The molecule has 10 nitrogen and oxygen atoms in total. The molecule has 30 heavy (non-hydrogen) atoms. The van der Waals surface area contributed by atoms with Crippen molar-refractivity contribution in [2.75, 3.05) is 18.4 Å². The van der Waals surface area contributed by atoms with Gasteiger partial charge in [-0.05, 0) is 32.0 Å². The van der Waals surface area contributed by atoms with Gasteiger partial charge in [0.2, 0.25) is 0 Å². The molecule has 0 unspecified atom stereocenters. The van der Waals surface area contributed by atoms with E-state index >= 15 is 0 Å². The van der Waals surface area contributed by atoms with Gasteiger partial charge in [-0.3, -0.25) is 9.48 Å². The Morgan fingerprint density at radius 1 is 1.23 bits per heavy atom. The third-order valence-electron chi connectivity index (χ3n) is 4.35. The number of carbonyl (C=O) groups excluding carboxylic acids is 1. The predicted molar refractivity (Wildman–Crippen MR) is 98.9 cm³/mol. The van der Waals surface area contributed by atoms with Crippen molar-refractivity contribution in [3.63, 3.8) is 0 Å². The summed E-state index contributed by atoms with van der Waals surface area (Å²) in [7, 11) is 0. The van der Waals surface area contributed by atoms with Gasteiger partial charge in [0.25, 0.3) is 5.91 Å². The van der Waals surface area contributed by atoms with Crippen LogP contribution in [-0.2, 0) is 4.79 Å². The van der Waals surface area contributed by atoms with Crippen LogP contribution in [0.1, 0.15) is 29.4 Å². The standard InChI is InChI=1S/C15H17N7O.C2HF3O2/c23-15(13-12-3-6-17-14(12)19-9-18-13)21-10-7-20-22(8-10)11-1-4-16-5-2-11;3-2(4,5)1(6)7/h3,6-9,11,16H,1-2,4-5H2,(H,21,23)(H,17,18,19);(H,6,7). The fourth-order valence-corrected chi connectivity index (χ4v) is 2.92. The molecule has 13 heteroatoms. The van der Waals surface area contributed by atoms with Gasteiger partial charge in [-0.2, -0.15) is 18.3 Å². The van der Waals surface area contributed by atoms with E-state index in [4.69, 9.17) is 9.90 Å². The van der Waals surface area contributed by atoms with Crippen LogP contribution < -0.4 is 10.6 Å².